The molecule has 7 heteroatoms. The zero-order valence-electron chi connectivity index (χ0n) is 13.4. The molecular formula is C17H18N2O5. The standard InChI is InChI=1S/C17H18N2O5/c1-22-14-8-7-11(9-15(14)23-2)19-16(20)10-24-13-6-4-3-5-12(13)17(18)21/h3-9H,10H2,1-2H3,(H2,18,21)(H,19,20). The average Bonchev–Trinajstić information content (AvgIpc) is 2.60. The molecule has 24 heavy (non-hydrogen) atoms. The van der Waals surface area contributed by atoms with Gasteiger partial charge in [0.05, 0.1) is 19.8 Å². The Morgan fingerprint density at radius 1 is 1.00 bits per heavy atom. The Balaban J connectivity index is 2.00. The van der Waals surface area contributed by atoms with Gasteiger partial charge in [0, 0.05) is 11.8 Å². The molecule has 0 saturated carbocycles. The molecule has 0 saturated heterocycles. The summed E-state index contributed by atoms with van der Waals surface area (Å²) in [7, 11) is 3.04. The number of hydrogen-bond acceptors (Lipinski definition) is 5. The highest BCUT2D eigenvalue weighted by molar-refractivity contribution is 5.96. The number of para-hydroxylation sites is 1. The first-order valence-corrected chi connectivity index (χ1v) is 7.08. The molecule has 2 amide bonds. The summed E-state index contributed by atoms with van der Waals surface area (Å²) in [5.41, 5.74) is 6.01. The Hall–Kier alpha value is -3.22. The number of rotatable bonds is 7. The quantitative estimate of drug-likeness (QED) is 0.806. The molecule has 0 fully saturated rings. The van der Waals surface area contributed by atoms with Gasteiger partial charge in [-0.25, -0.2) is 0 Å². The van der Waals surface area contributed by atoms with E-state index in [1.165, 1.54) is 20.3 Å². The molecular weight excluding hydrogens is 312 g/mol. The Kier molecular flexibility index (Phi) is 5.62. The molecule has 0 unspecified atom stereocenters. The molecule has 0 radical (unpaired) electrons. The number of ether oxygens (including phenoxy) is 3. The molecule has 2 aromatic carbocycles. The monoisotopic (exact) mass is 330 g/mol. The summed E-state index contributed by atoms with van der Waals surface area (Å²) in [5, 5.41) is 2.67. The summed E-state index contributed by atoms with van der Waals surface area (Å²) in [6, 6.07) is 11.4. The molecule has 126 valence electrons. The maximum atomic E-state index is 12.0. The molecule has 0 heterocycles. The number of primary amides is 1. The number of methoxy groups -OCH3 is 2. The van der Waals surface area contributed by atoms with Crippen molar-refractivity contribution in [3.05, 3.63) is 48.0 Å². The molecule has 3 N–H and O–H groups in total. The maximum absolute atomic E-state index is 12.0. The van der Waals surface area contributed by atoms with Crippen molar-refractivity contribution in [3.8, 4) is 17.2 Å². The molecule has 7 nitrogen and oxygen atoms in total. The lowest BCUT2D eigenvalue weighted by molar-refractivity contribution is -0.118. The third-order valence-corrected chi connectivity index (χ3v) is 3.18. The molecule has 0 spiro atoms. The molecule has 0 atom stereocenters. The zero-order valence-corrected chi connectivity index (χ0v) is 13.4. The highest BCUT2D eigenvalue weighted by Crippen LogP contribution is 2.29. The van der Waals surface area contributed by atoms with E-state index in [2.05, 4.69) is 5.32 Å². The summed E-state index contributed by atoms with van der Waals surface area (Å²) in [4.78, 5) is 23.3. The van der Waals surface area contributed by atoms with Gasteiger partial charge in [-0.05, 0) is 24.3 Å². The number of nitrogens with one attached hydrogen (secondary N) is 1. The van der Waals surface area contributed by atoms with E-state index in [4.69, 9.17) is 19.9 Å². The normalized spacial score (nSPS) is 9.92. The minimum Gasteiger partial charge on any atom is -0.493 e. The van der Waals surface area contributed by atoms with Crippen molar-refractivity contribution in [2.45, 2.75) is 0 Å². The van der Waals surface area contributed by atoms with Crippen molar-refractivity contribution in [2.75, 3.05) is 26.1 Å². The Morgan fingerprint density at radius 2 is 1.71 bits per heavy atom. The van der Waals surface area contributed by atoms with E-state index in [0.29, 0.717) is 17.2 Å². The van der Waals surface area contributed by atoms with Crippen LogP contribution in [0.5, 0.6) is 17.2 Å². The summed E-state index contributed by atoms with van der Waals surface area (Å²) < 4.78 is 15.7. The zero-order chi connectivity index (χ0) is 17.5. The van der Waals surface area contributed by atoms with Crippen LogP contribution in [0.4, 0.5) is 5.69 Å². The predicted octanol–water partition coefficient (Wildman–Crippen LogP) is 1.82. The number of carbonyl (C=O) groups is 2. The van der Waals surface area contributed by atoms with Gasteiger partial charge in [-0.15, -0.1) is 0 Å². The van der Waals surface area contributed by atoms with Crippen LogP contribution >= 0.6 is 0 Å². The Morgan fingerprint density at radius 3 is 2.38 bits per heavy atom. The number of benzene rings is 2. The largest absolute Gasteiger partial charge is 0.493 e. The van der Waals surface area contributed by atoms with Gasteiger partial charge in [0.2, 0.25) is 0 Å². The van der Waals surface area contributed by atoms with Gasteiger partial charge in [0.15, 0.2) is 18.1 Å². The van der Waals surface area contributed by atoms with Crippen LogP contribution in [0.3, 0.4) is 0 Å². The van der Waals surface area contributed by atoms with Crippen LogP contribution in [-0.2, 0) is 4.79 Å². The van der Waals surface area contributed by atoms with Gasteiger partial charge in [0.25, 0.3) is 11.8 Å². The molecule has 2 rings (SSSR count). The second-order valence-corrected chi connectivity index (χ2v) is 4.77. The van der Waals surface area contributed by atoms with Crippen LogP contribution in [0, 0.1) is 0 Å². The van der Waals surface area contributed by atoms with Crippen LogP contribution in [0.1, 0.15) is 10.4 Å². The minimum atomic E-state index is -0.620. The first-order valence-electron chi connectivity index (χ1n) is 7.08. The van der Waals surface area contributed by atoms with Crippen LogP contribution in [0.15, 0.2) is 42.5 Å². The fourth-order valence-electron chi connectivity index (χ4n) is 2.05. The van der Waals surface area contributed by atoms with E-state index in [9.17, 15) is 9.59 Å². The van der Waals surface area contributed by atoms with Gasteiger partial charge >= 0.3 is 0 Å². The number of amides is 2. The molecule has 0 aliphatic heterocycles. The average molecular weight is 330 g/mol. The third-order valence-electron chi connectivity index (χ3n) is 3.18. The van der Waals surface area contributed by atoms with Crippen molar-refractivity contribution >= 4 is 17.5 Å². The van der Waals surface area contributed by atoms with E-state index < -0.39 is 5.91 Å². The van der Waals surface area contributed by atoms with Crippen LogP contribution in [-0.4, -0.2) is 32.6 Å². The van der Waals surface area contributed by atoms with Gasteiger partial charge in [-0.3, -0.25) is 9.59 Å². The lowest BCUT2D eigenvalue weighted by atomic mass is 10.2. The smallest absolute Gasteiger partial charge is 0.262 e. The number of nitrogens with two attached hydrogens (primary N) is 1. The lowest BCUT2D eigenvalue weighted by Gasteiger charge is -2.12. The predicted molar refractivity (Wildman–Crippen MR) is 88.6 cm³/mol. The Bertz CT molecular complexity index is 746. The number of hydrogen-bond donors (Lipinski definition) is 2. The van der Waals surface area contributed by atoms with Crippen LogP contribution in [0.2, 0.25) is 0 Å². The van der Waals surface area contributed by atoms with Gasteiger partial charge in [-0.1, -0.05) is 12.1 Å². The van der Waals surface area contributed by atoms with Gasteiger partial charge in [0.1, 0.15) is 5.75 Å². The van der Waals surface area contributed by atoms with Crippen molar-refractivity contribution in [2.24, 2.45) is 5.73 Å². The van der Waals surface area contributed by atoms with Crippen LogP contribution < -0.4 is 25.3 Å². The molecule has 0 bridgehead atoms. The number of carbonyl (C=O) groups excluding carboxylic acids is 2. The van der Waals surface area contributed by atoms with E-state index in [-0.39, 0.29) is 23.8 Å². The molecule has 0 aromatic heterocycles. The second-order valence-electron chi connectivity index (χ2n) is 4.77. The van der Waals surface area contributed by atoms with Crippen molar-refractivity contribution < 1.29 is 23.8 Å². The van der Waals surface area contributed by atoms with Crippen molar-refractivity contribution in [1.29, 1.82) is 0 Å². The van der Waals surface area contributed by atoms with E-state index >= 15 is 0 Å². The molecule has 0 aliphatic rings. The highest BCUT2D eigenvalue weighted by Gasteiger charge is 2.11. The first kappa shape index (κ1) is 17.1. The third kappa shape index (κ3) is 4.16. The van der Waals surface area contributed by atoms with E-state index in [1.54, 1.807) is 36.4 Å². The van der Waals surface area contributed by atoms with Gasteiger partial charge in [-0.2, -0.15) is 0 Å². The van der Waals surface area contributed by atoms with Crippen molar-refractivity contribution in [1.82, 2.24) is 0 Å². The Labute approximate surface area is 139 Å². The topological polar surface area (TPSA) is 99.9 Å². The van der Waals surface area contributed by atoms with E-state index in [0.717, 1.165) is 0 Å². The lowest BCUT2D eigenvalue weighted by Crippen LogP contribution is -2.21. The SMILES string of the molecule is COc1ccc(NC(=O)COc2ccccc2C(N)=O)cc1OC. The fourth-order valence-corrected chi connectivity index (χ4v) is 2.05. The van der Waals surface area contributed by atoms with E-state index in [1.807, 2.05) is 0 Å². The van der Waals surface area contributed by atoms with Crippen molar-refractivity contribution in [3.63, 3.8) is 0 Å². The fraction of sp³-hybridized carbons (Fsp3) is 0.176. The molecule has 2 aromatic rings. The van der Waals surface area contributed by atoms with Gasteiger partial charge < -0.3 is 25.3 Å². The first-order chi connectivity index (χ1) is 11.5. The maximum Gasteiger partial charge on any atom is 0.262 e. The van der Waals surface area contributed by atoms with Crippen LogP contribution in [0.25, 0.3) is 0 Å². The summed E-state index contributed by atoms with van der Waals surface area (Å²) in [6.07, 6.45) is 0. The molecule has 0 aliphatic carbocycles. The summed E-state index contributed by atoms with van der Waals surface area (Å²) in [6.45, 7) is -0.265. The highest BCUT2D eigenvalue weighted by atomic mass is 16.5. The minimum absolute atomic E-state index is 0.219. The summed E-state index contributed by atoms with van der Waals surface area (Å²) >= 11 is 0. The second kappa shape index (κ2) is 7.87. The summed E-state index contributed by atoms with van der Waals surface area (Å²) in [5.74, 6) is 0.303. The number of anilines is 1.